The van der Waals surface area contributed by atoms with Crippen LogP contribution in [0.25, 0.3) is 0 Å². The molecule has 0 spiro atoms. The Bertz CT molecular complexity index is 250. The smallest absolute Gasteiger partial charge is 0.310 e. The van der Waals surface area contributed by atoms with Crippen molar-refractivity contribution < 1.29 is 15.0 Å². The number of carbonyl (C=O) groups is 1. The standard InChI is InChI=1S/C8H10O3/c9-6-3-1-4-5(6)8(4,2-3)7(10)11/h3-6,9H,1-2H2,(H,10,11)/t3-,4+,5?,6-,8+/m0/s1. The fraction of sp³-hybridized carbons (Fsp3) is 0.875. The van der Waals surface area contributed by atoms with E-state index in [1.807, 2.05) is 0 Å². The van der Waals surface area contributed by atoms with E-state index in [0.717, 1.165) is 12.8 Å². The number of rotatable bonds is 1. The Hall–Kier alpha value is -0.570. The summed E-state index contributed by atoms with van der Waals surface area (Å²) in [6.45, 7) is 0. The minimum absolute atomic E-state index is 0.116. The van der Waals surface area contributed by atoms with E-state index in [1.54, 1.807) is 0 Å². The summed E-state index contributed by atoms with van der Waals surface area (Å²) in [5.41, 5.74) is -0.468. The zero-order valence-electron chi connectivity index (χ0n) is 6.03. The van der Waals surface area contributed by atoms with Crippen molar-refractivity contribution in [3.8, 4) is 0 Å². The third-order valence-electron chi connectivity index (χ3n) is 3.99. The first-order chi connectivity index (χ1) is 5.18. The van der Waals surface area contributed by atoms with Crippen molar-refractivity contribution in [1.82, 2.24) is 0 Å². The van der Waals surface area contributed by atoms with Crippen LogP contribution in [0.1, 0.15) is 12.8 Å². The zero-order valence-corrected chi connectivity index (χ0v) is 6.03. The van der Waals surface area contributed by atoms with E-state index >= 15 is 0 Å². The van der Waals surface area contributed by atoms with Crippen LogP contribution < -0.4 is 0 Å². The molecule has 11 heavy (non-hydrogen) atoms. The molecule has 0 saturated heterocycles. The highest BCUT2D eigenvalue weighted by Crippen LogP contribution is 2.78. The van der Waals surface area contributed by atoms with Crippen LogP contribution in [-0.2, 0) is 4.79 Å². The Kier molecular flexibility index (Phi) is 0.727. The van der Waals surface area contributed by atoms with E-state index in [2.05, 4.69) is 0 Å². The molecule has 4 saturated carbocycles. The summed E-state index contributed by atoms with van der Waals surface area (Å²) >= 11 is 0. The van der Waals surface area contributed by atoms with Crippen LogP contribution in [0.4, 0.5) is 0 Å². The predicted molar refractivity (Wildman–Crippen MR) is 35.8 cm³/mol. The lowest BCUT2D eigenvalue weighted by molar-refractivity contribution is -0.144. The van der Waals surface area contributed by atoms with Crippen LogP contribution in [0.5, 0.6) is 0 Å². The average Bonchev–Trinajstić information content (AvgIpc) is 2.32. The van der Waals surface area contributed by atoms with Gasteiger partial charge in [0.25, 0.3) is 0 Å². The summed E-state index contributed by atoms with van der Waals surface area (Å²) < 4.78 is 0. The number of carboxylic acid groups (broad SMARTS) is 1. The molecule has 4 aliphatic carbocycles. The second kappa shape index (κ2) is 1.33. The minimum Gasteiger partial charge on any atom is -0.481 e. The largest absolute Gasteiger partial charge is 0.481 e. The molecule has 1 unspecified atom stereocenters. The zero-order chi connectivity index (χ0) is 7.80. The van der Waals surface area contributed by atoms with E-state index in [9.17, 15) is 9.90 Å². The fourth-order valence-corrected chi connectivity index (χ4v) is 3.52. The van der Waals surface area contributed by atoms with Gasteiger partial charge >= 0.3 is 5.97 Å². The van der Waals surface area contributed by atoms with Crippen molar-refractivity contribution in [2.75, 3.05) is 0 Å². The van der Waals surface area contributed by atoms with Crippen molar-refractivity contribution in [3.05, 3.63) is 0 Å². The van der Waals surface area contributed by atoms with Crippen LogP contribution >= 0.6 is 0 Å². The van der Waals surface area contributed by atoms with Crippen LogP contribution in [-0.4, -0.2) is 22.3 Å². The van der Waals surface area contributed by atoms with E-state index < -0.39 is 11.4 Å². The number of hydrogen-bond acceptors (Lipinski definition) is 2. The molecule has 0 aliphatic heterocycles. The minimum atomic E-state index is -0.674. The summed E-state index contributed by atoms with van der Waals surface area (Å²) in [5, 5.41) is 18.4. The molecule has 0 aromatic rings. The average molecular weight is 154 g/mol. The maximum Gasteiger partial charge on any atom is 0.310 e. The second-order valence-corrected chi connectivity index (χ2v) is 4.17. The number of carboxylic acids is 1. The summed E-state index contributed by atoms with van der Waals surface area (Å²) in [6.07, 6.45) is 1.40. The molecule has 0 radical (unpaired) electrons. The normalized spacial score (nSPS) is 63.4. The summed E-state index contributed by atoms with van der Waals surface area (Å²) in [5.74, 6) is 0.0673. The number of aliphatic hydroxyl groups is 1. The molecule has 0 amide bonds. The van der Waals surface area contributed by atoms with Crippen LogP contribution in [0.15, 0.2) is 0 Å². The number of aliphatic hydroxyl groups excluding tert-OH is 1. The Morgan fingerprint density at radius 2 is 2.27 bits per heavy atom. The van der Waals surface area contributed by atoms with Crippen LogP contribution in [0, 0.1) is 23.2 Å². The molecule has 4 rings (SSSR count). The fourth-order valence-electron chi connectivity index (χ4n) is 3.52. The van der Waals surface area contributed by atoms with Gasteiger partial charge < -0.3 is 10.2 Å². The van der Waals surface area contributed by atoms with Crippen molar-refractivity contribution in [1.29, 1.82) is 0 Å². The lowest BCUT2D eigenvalue weighted by atomic mass is 10.1. The highest BCUT2D eigenvalue weighted by molar-refractivity contribution is 5.81. The number of hydrogen-bond donors (Lipinski definition) is 2. The highest BCUT2D eigenvalue weighted by atomic mass is 16.4. The van der Waals surface area contributed by atoms with Crippen molar-refractivity contribution in [3.63, 3.8) is 0 Å². The molecule has 5 atom stereocenters. The summed E-state index contributed by atoms with van der Waals surface area (Å²) in [7, 11) is 0. The molecule has 2 N–H and O–H groups in total. The molecule has 0 heterocycles. The molecular weight excluding hydrogens is 144 g/mol. The molecule has 60 valence electrons. The second-order valence-electron chi connectivity index (χ2n) is 4.17. The topological polar surface area (TPSA) is 57.5 Å². The Morgan fingerprint density at radius 1 is 1.55 bits per heavy atom. The van der Waals surface area contributed by atoms with Gasteiger partial charge in [0.1, 0.15) is 0 Å². The van der Waals surface area contributed by atoms with Gasteiger partial charge in [-0.15, -0.1) is 0 Å². The molecular formula is C8H10O3. The third-order valence-corrected chi connectivity index (χ3v) is 3.99. The van der Waals surface area contributed by atoms with Crippen LogP contribution in [0.2, 0.25) is 0 Å². The van der Waals surface area contributed by atoms with E-state index in [1.165, 1.54) is 0 Å². The SMILES string of the molecule is O=C(O)[C@]12C[C@@H]3C[C@@H]1C2[C@H]3O. The monoisotopic (exact) mass is 154 g/mol. The Morgan fingerprint density at radius 3 is 2.45 bits per heavy atom. The maximum atomic E-state index is 10.8. The lowest BCUT2D eigenvalue weighted by Gasteiger charge is -2.03. The molecule has 4 bridgehead atoms. The molecule has 4 aliphatic rings. The van der Waals surface area contributed by atoms with Crippen molar-refractivity contribution in [2.24, 2.45) is 23.2 Å². The van der Waals surface area contributed by atoms with Gasteiger partial charge in [0, 0.05) is 5.92 Å². The van der Waals surface area contributed by atoms with Gasteiger partial charge in [-0.05, 0) is 24.7 Å². The Balaban J connectivity index is 2.04. The van der Waals surface area contributed by atoms with Gasteiger partial charge in [0.2, 0.25) is 0 Å². The van der Waals surface area contributed by atoms with Gasteiger partial charge in [0.05, 0.1) is 11.5 Å². The third kappa shape index (κ3) is 0.392. The van der Waals surface area contributed by atoms with E-state index in [0.29, 0.717) is 11.8 Å². The van der Waals surface area contributed by atoms with Crippen LogP contribution in [0.3, 0.4) is 0 Å². The summed E-state index contributed by atoms with van der Waals surface area (Å²) in [4.78, 5) is 10.8. The van der Waals surface area contributed by atoms with Crippen molar-refractivity contribution in [2.45, 2.75) is 18.9 Å². The quantitative estimate of drug-likeness (QED) is 0.562. The van der Waals surface area contributed by atoms with Crippen molar-refractivity contribution >= 4 is 5.97 Å². The highest BCUT2D eigenvalue weighted by Gasteiger charge is 2.82. The summed E-state index contributed by atoms with van der Waals surface area (Å²) in [6, 6.07) is 0. The number of aliphatic carboxylic acids is 1. The molecule has 3 heteroatoms. The Labute approximate surface area is 64.0 Å². The first-order valence-corrected chi connectivity index (χ1v) is 4.09. The molecule has 0 aromatic heterocycles. The van der Waals surface area contributed by atoms with Gasteiger partial charge in [-0.3, -0.25) is 4.79 Å². The van der Waals surface area contributed by atoms with Gasteiger partial charge in [-0.1, -0.05) is 0 Å². The van der Waals surface area contributed by atoms with E-state index in [-0.39, 0.29) is 12.0 Å². The maximum absolute atomic E-state index is 10.8. The molecule has 0 aromatic carbocycles. The van der Waals surface area contributed by atoms with Gasteiger partial charge in [-0.2, -0.15) is 0 Å². The van der Waals surface area contributed by atoms with Gasteiger partial charge in [0.15, 0.2) is 0 Å². The van der Waals surface area contributed by atoms with Gasteiger partial charge in [-0.25, -0.2) is 0 Å². The first-order valence-electron chi connectivity index (χ1n) is 4.09. The van der Waals surface area contributed by atoms with E-state index in [4.69, 9.17) is 5.11 Å². The lowest BCUT2D eigenvalue weighted by Crippen LogP contribution is -2.15. The first kappa shape index (κ1) is 6.00. The molecule has 4 fully saturated rings. The molecule has 3 nitrogen and oxygen atoms in total. The predicted octanol–water partition coefficient (Wildman–Crippen LogP) is 0.0879.